The molecule has 7 nitrogen and oxygen atoms in total. The van der Waals surface area contributed by atoms with Crippen molar-refractivity contribution >= 4 is 5.91 Å². The third-order valence-electron chi connectivity index (χ3n) is 2.27. The molecule has 1 aliphatic rings. The summed E-state index contributed by atoms with van der Waals surface area (Å²) in [5.41, 5.74) is 0. The SMILES string of the molecule is CC(=O)NC1C(O)C(O)C(CO)O[14CH]1O. The van der Waals surface area contributed by atoms with E-state index in [1.54, 1.807) is 0 Å². The summed E-state index contributed by atoms with van der Waals surface area (Å²) in [5.74, 6) is -0.462. The summed E-state index contributed by atoms with van der Waals surface area (Å²) in [6.07, 6.45) is -5.24. The predicted octanol–water partition coefficient (Wildman–Crippen LogP) is -3.08. The van der Waals surface area contributed by atoms with Gasteiger partial charge in [-0.05, 0) is 0 Å². The highest BCUT2D eigenvalue weighted by atomic mass is 16.9. The van der Waals surface area contributed by atoms with Crippen LogP contribution in [-0.4, -0.2) is 63.6 Å². The van der Waals surface area contributed by atoms with E-state index in [2.05, 4.69) is 5.32 Å². The van der Waals surface area contributed by atoms with Crippen LogP contribution in [0.1, 0.15) is 6.92 Å². The first-order valence-corrected chi connectivity index (χ1v) is 4.55. The zero-order valence-electron chi connectivity index (χ0n) is 8.20. The van der Waals surface area contributed by atoms with Crippen LogP contribution in [0.15, 0.2) is 0 Å². The number of aliphatic hydroxyl groups is 4. The summed E-state index contributed by atoms with van der Waals surface area (Å²) in [6, 6.07) is -1.10. The highest BCUT2D eigenvalue weighted by molar-refractivity contribution is 5.73. The third-order valence-corrected chi connectivity index (χ3v) is 2.27. The zero-order chi connectivity index (χ0) is 11.6. The van der Waals surface area contributed by atoms with Gasteiger partial charge in [-0.2, -0.15) is 0 Å². The van der Waals surface area contributed by atoms with Crippen molar-refractivity contribution in [2.45, 2.75) is 37.6 Å². The Morgan fingerprint density at radius 1 is 1.47 bits per heavy atom. The maximum absolute atomic E-state index is 10.7. The van der Waals surface area contributed by atoms with Crippen molar-refractivity contribution < 1.29 is 30.0 Å². The van der Waals surface area contributed by atoms with E-state index < -0.39 is 43.2 Å². The molecule has 15 heavy (non-hydrogen) atoms. The molecule has 0 radical (unpaired) electrons. The Balaban J connectivity index is 2.70. The maximum atomic E-state index is 10.7. The number of ether oxygens (including phenoxy) is 1. The Morgan fingerprint density at radius 2 is 2.07 bits per heavy atom. The lowest BCUT2D eigenvalue weighted by molar-refractivity contribution is -0.253. The van der Waals surface area contributed by atoms with E-state index in [0.29, 0.717) is 0 Å². The number of rotatable bonds is 2. The van der Waals surface area contributed by atoms with Crippen molar-refractivity contribution in [3.05, 3.63) is 0 Å². The Labute approximate surface area is 86.3 Å². The summed E-state index contributed by atoms with van der Waals surface area (Å²) in [5, 5.41) is 39.4. The maximum Gasteiger partial charge on any atom is 0.217 e. The summed E-state index contributed by atoms with van der Waals surface area (Å²) in [6.45, 7) is 0.687. The van der Waals surface area contributed by atoms with Gasteiger partial charge in [0.1, 0.15) is 24.4 Å². The van der Waals surface area contributed by atoms with E-state index in [1.807, 2.05) is 0 Å². The molecule has 5 N–H and O–H groups in total. The number of aliphatic hydroxyl groups excluding tert-OH is 4. The van der Waals surface area contributed by atoms with Crippen LogP contribution in [0.3, 0.4) is 0 Å². The van der Waals surface area contributed by atoms with Crippen LogP contribution in [0.4, 0.5) is 0 Å². The third kappa shape index (κ3) is 2.64. The molecule has 5 unspecified atom stereocenters. The fourth-order valence-electron chi connectivity index (χ4n) is 1.49. The molecule has 1 amide bonds. The average molecular weight is 223 g/mol. The van der Waals surface area contributed by atoms with Crippen LogP contribution in [0, 0.1) is 0 Å². The first-order chi connectivity index (χ1) is 6.97. The molecule has 5 atom stereocenters. The summed E-state index contributed by atoms with van der Waals surface area (Å²) in [7, 11) is 0. The molecule has 7 heteroatoms. The predicted molar refractivity (Wildman–Crippen MR) is 47.6 cm³/mol. The van der Waals surface area contributed by atoms with Gasteiger partial charge in [0.15, 0.2) is 6.29 Å². The molecule has 1 saturated heterocycles. The van der Waals surface area contributed by atoms with Crippen LogP contribution in [0.2, 0.25) is 0 Å². The molecule has 1 heterocycles. The van der Waals surface area contributed by atoms with E-state index in [-0.39, 0.29) is 0 Å². The van der Waals surface area contributed by atoms with Crippen molar-refractivity contribution in [2.24, 2.45) is 0 Å². The van der Waals surface area contributed by atoms with Crippen molar-refractivity contribution in [1.82, 2.24) is 5.32 Å². The van der Waals surface area contributed by atoms with Crippen LogP contribution in [0.5, 0.6) is 0 Å². The number of amides is 1. The first kappa shape index (κ1) is 12.3. The van der Waals surface area contributed by atoms with Crippen molar-refractivity contribution in [2.75, 3.05) is 6.61 Å². The van der Waals surface area contributed by atoms with Gasteiger partial charge in [-0.25, -0.2) is 0 Å². The molecule has 1 rings (SSSR count). The van der Waals surface area contributed by atoms with Gasteiger partial charge in [0.05, 0.1) is 6.61 Å². The summed E-state index contributed by atoms with van der Waals surface area (Å²) in [4.78, 5) is 10.7. The molecule has 0 aromatic carbocycles. The molecule has 0 aliphatic carbocycles. The standard InChI is InChI=1S/C8H15NO6/c1-3(11)9-5-7(13)6(12)4(2-10)15-8(5)14/h4-8,10,12-14H,2H2,1H3,(H,9,11)/i8+2. The topological polar surface area (TPSA) is 119 Å². The van der Waals surface area contributed by atoms with Crippen LogP contribution in [0.25, 0.3) is 0 Å². The van der Waals surface area contributed by atoms with Gasteiger partial charge in [-0.15, -0.1) is 0 Å². The normalized spacial score (nSPS) is 41.3. The Morgan fingerprint density at radius 3 is 2.53 bits per heavy atom. The van der Waals surface area contributed by atoms with Crippen LogP contribution >= 0.6 is 0 Å². The van der Waals surface area contributed by atoms with Gasteiger partial charge >= 0.3 is 0 Å². The molecule has 1 fully saturated rings. The first-order valence-electron chi connectivity index (χ1n) is 4.55. The Kier molecular flexibility index (Phi) is 4.00. The monoisotopic (exact) mass is 223 g/mol. The molecule has 0 spiro atoms. The Hall–Kier alpha value is -0.730. The summed E-state index contributed by atoms with van der Waals surface area (Å²) < 4.78 is 4.81. The second kappa shape index (κ2) is 4.86. The van der Waals surface area contributed by atoms with Crippen LogP contribution < -0.4 is 5.32 Å². The molecule has 0 saturated carbocycles. The van der Waals surface area contributed by atoms with Crippen molar-refractivity contribution in [3.8, 4) is 0 Å². The molecule has 0 bridgehead atoms. The number of hydrogen-bond donors (Lipinski definition) is 5. The second-order valence-corrected chi connectivity index (χ2v) is 3.46. The van der Waals surface area contributed by atoms with Gasteiger partial charge in [-0.1, -0.05) is 0 Å². The van der Waals surface area contributed by atoms with Crippen LogP contribution in [-0.2, 0) is 9.53 Å². The molecule has 0 aromatic heterocycles. The lowest BCUT2D eigenvalue weighted by atomic mass is 10.0. The number of nitrogens with one attached hydrogen (secondary N) is 1. The fourth-order valence-corrected chi connectivity index (χ4v) is 1.49. The van der Waals surface area contributed by atoms with Gasteiger partial charge in [0.2, 0.25) is 5.91 Å². The summed E-state index contributed by atoms with van der Waals surface area (Å²) >= 11 is 0. The fraction of sp³-hybridized carbons (Fsp3) is 0.875. The van der Waals surface area contributed by atoms with Gasteiger partial charge < -0.3 is 30.5 Å². The quantitative estimate of drug-likeness (QED) is 0.339. The van der Waals surface area contributed by atoms with Gasteiger partial charge in [0, 0.05) is 6.92 Å². The smallest absolute Gasteiger partial charge is 0.217 e. The lowest BCUT2D eigenvalue weighted by Crippen LogP contribution is -2.63. The minimum Gasteiger partial charge on any atom is -0.394 e. The van der Waals surface area contributed by atoms with Crippen molar-refractivity contribution in [1.29, 1.82) is 0 Å². The minimum absolute atomic E-state index is 0.462. The highest BCUT2D eigenvalue weighted by Gasteiger charge is 2.43. The van der Waals surface area contributed by atoms with Gasteiger partial charge in [0.25, 0.3) is 0 Å². The number of hydrogen-bond acceptors (Lipinski definition) is 6. The minimum atomic E-state index is -1.45. The van der Waals surface area contributed by atoms with E-state index in [9.17, 15) is 20.1 Å². The molecule has 88 valence electrons. The second-order valence-electron chi connectivity index (χ2n) is 3.46. The van der Waals surface area contributed by atoms with Gasteiger partial charge in [-0.3, -0.25) is 4.79 Å². The highest BCUT2D eigenvalue weighted by Crippen LogP contribution is 2.19. The van der Waals surface area contributed by atoms with E-state index in [0.717, 1.165) is 0 Å². The largest absolute Gasteiger partial charge is 0.394 e. The molecular weight excluding hydrogens is 208 g/mol. The number of carbonyl (C=O) groups excluding carboxylic acids is 1. The number of carbonyl (C=O) groups is 1. The zero-order valence-corrected chi connectivity index (χ0v) is 8.20. The van der Waals surface area contributed by atoms with E-state index >= 15 is 0 Å². The average Bonchev–Trinajstić information content (AvgIpc) is 2.18. The molecule has 1 aliphatic heterocycles. The molecular formula is C8H15NO6. The Bertz CT molecular complexity index is 235. The van der Waals surface area contributed by atoms with E-state index in [1.165, 1.54) is 6.92 Å². The van der Waals surface area contributed by atoms with Crippen molar-refractivity contribution in [3.63, 3.8) is 0 Å². The molecule has 0 aromatic rings. The van der Waals surface area contributed by atoms with E-state index in [4.69, 9.17) is 9.84 Å². The lowest BCUT2D eigenvalue weighted by Gasteiger charge is -2.40.